The zero-order valence-corrected chi connectivity index (χ0v) is 11.6. The Morgan fingerprint density at radius 1 is 1.05 bits per heavy atom. The lowest BCUT2D eigenvalue weighted by Crippen LogP contribution is -2.16. The fourth-order valence-electron chi connectivity index (χ4n) is 1.03. The Hall–Kier alpha value is -1.85. The van der Waals surface area contributed by atoms with Gasteiger partial charge in [-0.15, -0.1) is 0 Å². The van der Waals surface area contributed by atoms with E-state index in [2.05, 4.69) is 9.47 Å². The highest BCUT2D eigenvalue weighted by atomic mass is 16.6. The van der Waals surface area contributed by atoms with Gasteiger partial charge in [0.15, 0.2) is 6.61 Å². The third-order valence-electron chi connectivity index (χ3n) is 2.02. The first kappa shape index (κ1) is 17.2. The number of hydrogen-bond donors (Lipinski definition) is 0. The summed E-state index contributed by atoms with van der Waals surface area (Å²) in [7, 11) is 0. The molecule has 0 spiro atoms. The van der Waals surface area contributed by atoms with Crippen LogP contribution in [-0.2, 0) is 28.6 Å². The molecule has 0 aromatic carbocycles. The van der Waals surface area contributed by atoms with Gasteiger partial charge in [0.1, 0.15) is 0 Å². The third-order valence-corrected chi connectivity index (χ3v) is 2.02. The maximum Gasteiger partial charge on any atom is 0.344 e. The van der Waals surface area contributed by atoms with Crippen molar-refractivity contribution in [2.75, 3.05) is 19.8 Å². The van der Waals surface area contributed by atoms with Crippen LogP contribution in [0, 0.1) is 0 Å². The first-order valence-corrected chi connectivity index (χ1v) is 6.19. The van der Waals surface area contributed by atoms with Crippen LogP contribution in [0.25, 0.3) is 0 Å². The van der Waals surface area contributed by atoms with Crippen molar-refractivity contribution in [2.24, 2.45) is 0 Å². The second-order valence-electron chi connectivity index (χ2n) is 3.73. The normalized spacial score (nSPS) is 10.8. The molecular formula is C13H20O6. The Morgan fingerprint density at radius 3 is 2.32 bits per heavy atom. The summed E-state index contributed by atoms with van der Waals surface area (Å²) >= 11 is 0. The lowest BCUT2D eigenvalue weighted by molar-refractivity contribution is -0.155. The van der Waals surface area contributed by atoms with Crippen molar-refractivity contribution in [2.45, 2.75) is 33.6 Å². The van der Waals surface area contributed by atoms with Crippen LogP contribution in [0.3, 0.4) is 0 Å². The summed E-state index contributed by atoms with van der Waals surface area (Å²) in [6.07, 6.45) is 2.68. The summed E-state index contributed by atoms with van der Waals surface area (Å²) in [5, 5.41) is 0. The molecule has 0 aromatic heterocycles. The number of unbranched alkanes of at least 4 members (excludes halogenated alkanes) is 1. The van der Waals surface area contributed by atoms with Crippen LogP contribution in [0.15, 0.2) is 11.6 Å². The van der Waals surface area contributed by atoms with Crippen molar-refractivity contribution in [1.82, 2.24) is 0 Å². The van der Waals surface area contributed by atoms with Gasteiger partial charge in [-0.2, -0.15) is 0 Å². The van der Waals surface area contributed by atoms with Gasteiger partial charge in [-0.25, -0.2) is 14.4 Å². The predicted molar refractivity (Wildman–Crippen MR) is 67.2 cm³/mol. The highest BCUT2D eigenvalue weighted by molar-refractivity contribution is 5.96. The Kier molecular flexibility index (Phi) is 9.12. The maximum absolute atomic E-state index is 11.4. The van der Waals surface area contributed by atoms with Gasteiger partial charge in [0, 0.05) is 11.6 Å². The van der Waals surface area contributed by atoms with Gasteiger partial charge >= 0.3 is 17.9 Å². The minimum atomic E-state index is -0.780. The molecule has 19 heavy (non-hydrogen) atoms. The topological polar surface area (TPSA) is 78.9 Å². The molecule has 0 bridgehead atoms. The van der Waals surface area contributed by atoms with Crippen molar-refractivity contribution in [3.05, 3.63) is 11.6 Å². The van der Waals surface area contributed by atoms with Gasteiger partial charge in [0.2, 0.25) is 0 Å². The molecule has 0 heterocycles. The predicted octanol–water partition coefficient (Wildman–Crippen LogP) is 1.38. The molecule has 0 radical (unpaired) electrons. The van der Waals surface area contributed by atoms with E-state index in [1.807, 2.05) is 6.92 Å². The SMILES string of the molecule is CCCCOC(=O)/C(C)=C\C(=O)OCC(=O)OCC. The quantitative estimate of drug-likeness (QED) is 0.287. The van der Waals surface area contributed by atoms with Crippen LogP contribution < -0.4 is 0 Å². The number of rotatable bonds is 8. The van der Waals surface area contributed by atoms with E-state index in [1.165, 1.54) is 6.92 Å². The summed E-state index contributed by atoms with van der Waals surface area (Å²) in [6, 6.07) is 0. The van der Waals surface area contributed by atoms with Gasteiger partial charge in [0.25, 0.3) is 0 Å². The van der Waals surface area contributed by atoms with Crippen molar-refractivity contribution in [3.63, 3.8) is 0 Å². The van der Waals surface area contributed by atoms with Crippen LogP contribution in [0.2, 0.25) is 0 Å². The van der Waals surface area contributed by atoms with Crippen LogP contribution in [0.1, 0.15) is 33.6 Å². The smallest absolute Gasteiger partial charge is 0.344 e. The number of hydrogen-bond acceptors (Lipinski definition) is 6. The zero-order chi connectivity index (χ0) is 14.7. The molecule has 0 fully saturated rings. The highest BCUT2D eigenvalue weighted by Gasteiger charge is 2.10. The van der Waals surface area contributed by atoms with Crippen molar-refractivity contribution < 1.29 is 28.6 Å². The van der Waals surface area contributed by atoms with Gasteiger partial charge in [-0.05, 0) is 20.3 Å². The van der Waals surface area contributed by atoms with E-state index in [0.29, 0.717) is 6.61 Å². The van der Waals surface area contributed by atoms with E-state index >= 15 is 0 Å². The first-order chi connectivity index (χ1) is 9.01. The van der Waals surface area contributed by atoms with E-state index in [1.54, 1.807) is 6.92 Å². The van der Waals surface area contributed by atoms with E-state index in [-0.39, 0.29) is 12.2 Å². The van der Waals surface area contributed by atoms with Crippen LogP contribution in [-0.4, -0.2) is 37.7 Å². The minimum absolute atomic E-state index is 0.130. The average molecular weight is 272 g/mol. The van der Waals surface area contributed by atoms with Crippen LogP contribution in [0.5, 0.6) is 0 Å². The standard InChI is InChI=1S/C13H20O6/c1-4-6-7-18-13(16)10(3)8-11(14)19-9-12(15)17-5-2/h8H,4-7,9H2,1-3H3/b10-8-. The fraction of sp³-hybridized carbons (Fsp3) is 0.615. The second kappa shape index (κ2) is 10.1. The molecule has 6 heteroatoms. The number of ether oxygens (including phenoxy) is 3. The molecule has 0 N–H and O–H groups in total. The van der Waals surface area contributed by atoms with Crippen molar-refractivity contribution in [3.8, 4) is 0 Å². The van der Waals surface area contributed by atoms with Gasteiger partial charge in [-0.3, -0.25) is 0 Å². The highest BCUT2D eigenvalue weighted by Crippen LogP contribution is 1.99. The molecular weight excluding hydrogens is 252 g/mol. The second-order valence-corrected chi connectivity index (χ2v) is 3.73. The molecule has 0 aromatic rings. The van der Waals surface area contributed by atoms with Gasteiger partial charge in [0.05, 0.1) is 13.2 Å². The van der Waals surface area contributed by atoms with Gasteiger partial charge in [-0.1, -0.05) is 13.3 Å². The van der Waals surface area contributed by atoms with E-state index in [0.717, 1.165) is 18.9 Å². The Labute approximate surface area is 112 Å². The summed E-state index contributed by atoms with van der Waals surface area (Å²) in [5.74, 6) is -1.98. The number of esters is 3. The van der Waals surface area contributed by atoms with E-state index in [9.17, 15) is 14.4 Å². The molecule has 6 nitrogen and oxygen atoms in total. The van der Waals surface area contributed by atoms with Crippen molar-refractivity contribution in [1.29, 1.82) is 0 Å². The molecule has 0 saturated carbocycles. The molecule has 0 saturated heterocycles. The molecule has 0 rings (SSSR count). The molecule has 108 valence electrons. The summed E-state index contributed by atoms with van der Waals surface area (Å²) in [4.78, 5) is 33.6. The maximum atomic E-state index is 11.4. The number of carbonyl (C=O) groups excluding carboxylic acids is 3. The van der Waals surface area contributed by atoms with Gasteiger partial charge < -0.3 is 14.2 Å². The summed E-state index contributed by atoms with van der Waals surface area (Å²) in [5.41, 5.74) is 0.130. The fourth-order valence-corrected chi connectivity index (χ4v) is 1.03. The van der Waals surface area contributed by atoms with E-state index in [4.69, 9.17) is 4.74 Å². The zero-order valence-electron chi connectivity index (χ0n) is 11.6. The minimum Gasteiger partial charge on any atom is -0.463 e. The lowest BCUT2D eigenvalue weighted by Gasteiger charge is -2.04. The summed E-state index contributed by atoms with van der Waals surface area (Å²) < 4.78 is 14.1. The largest absolute Gasteiger partial charge is 0.463 e. The third kappa shape index (κ3) is 8.82. The molecule has 0 aliphatic carbocycles. The van der Waals surface area contributed by atoms with E-state index < -0.39 is 24.5 Å². The lowest BCUT2D eigenvalue weighted by atomic mass is 10.3. The molecule has 0 atom stereocenters. The Bertz CT molecular complexity index is 345. The molecule has 0 amide bonds. The monoisotopic (exact) mass is 272 g/mol. The summed E-state index contributed by atoms with van der Waals surface area (Å²) in [6.45, 7) is 5.13. The Morgan fingerprint density at radius 2 is 1.74 bits per heavy atom. The molecule has 0 aliphatic heterocycles. The molecule has 0 unspecified atom stereocenters. The number of carbonyl (C=O) groups is 3. The van der Waals surface area contributed by atoms with Crippen LogP contribution >= 0.6 is 0 Å². The average Bonchev–Trinajstić information content (AvgIpc) is 2.36. The molecule has 0 aliphatic rings. The van der Waals surface area contributed by atoms with Crippen LogP contribution in [0.4, 0.5) is 0 Å². The first-order valence-electron chi connectivity index (χ1n) is 6.19. The Balaban J connectivity index is 4.08. The van der Waals surface area contributed by atoms with Crippen molar-refractivity contribution >= 4 is 17.9 Å².